The Morgan fingerprint density at radius 3 is 2.32 bits per heavy atom. The summed E-state index contributed by atoms with van der Waals surface area (Å²) in [7, 11) is -3.42. The van der Waals surface area contributed by atoms with Crippen LogP contribution in [0.15, 0.2) is 29.2 Å². The van der Waals surface area contributed by atoms with E-state index in [0.29, 0.717) is 30.4 Å². The van der Waals surface area contributed by atoms with Gasteiger partial charge in [-0.15, -0.1) is 0 Å². The van der Waals surface area contributed by atoms with E-state index >= 15 is 0 Å². The molecule has 1 amide bonds. The number of amides is 1. The number of hydrogen-bond donors (Lipinski definition) is 1. The largest absolute Gasteiger partial charge is 0.352 e. The molecule has 0 radical (unpaired) electrons. The van der Waals surface area contributed by atoms with E-state index in [1.807, 2.05) is 13.8 Å². The lowest BCUT2D eigenvalue weighted by Gasteiger charge is -2.21. The molecule has 0 saturated heterocycles. The zero-order valence-corrected chi connectivity index (χ0v) is 15.9. The first-order valence-electron chi connectivity index (χ1n) is 9.32. The number of fused-ring (bicyclic) bond motifs is 2. The Balaban J connectivity index is 1.58. The highest BCUT2D eigenvalue weighted by molar-refractivity contribution is 7.89. The van der Waals surface area contributed by atoms with E-state index in [-0.39, 0.29) is 11.8 Å². The topological polar surface area (TPSA) is 66.5 Å². The zero-order chi connectivity index (χ0) is 18.0. The first kappa shape index (κ1) is 18.4. The first-order valence-corrected chi connectivity index (χ1v) is 10.8. The molecule has 138 valence electrons. The summed E-state index contributed by atoms with van der Waals surface area (Å²) in [4.78, 5) is 12.7. The fourth-order valence-corrected chi connectivity index (χ4v) is 5.84. The van der Waals surface area contributed by atoms with Crippen molar-refractivity contribution >= 4 is 15.9 Å². The molecule has 0 aliphatic heterocycles. The molecule has 0 heterocycles. The number of nitrogens with one attached hydrogen (secondary N) is 1. The van der Waals surface area contributed by atoms with Gasteiger partial charge in [0.05, 0.1) is 4.90 Å². The summed E-state index contributed by atoms with van der Waals surface area (Å²) >= 11 is 0. The first-order chi connectivity index (χ1) is 12.0. The molecule has 5 nitrogen and oxygen atoms in total. The minimum atomic E-state index is -3.42. The quantitative estimate of drug-likeness (QED) is 0.809. The molecule has 3 atom stereocenters. The maximum Gasteiger partial charge on any atom is 0.243 e. The Morgan fingerprint density at radius 1 is 1.12 bits per heavy atom. The number of hydrogen-bond acceptors (Lipinski definition) is 3. The molecular weight excluding hydrogens is 336 g/mol. The third kappa shape index (κ3) is 3.75. The third-order valence-corrected chi connectivity index (χ3v) is 7.87. The van der Waals surface area contributed by atoms with Crippen molar-refractivity contribution in [3.05, 3.63) is 29.8 Å². The molecule has 3 rings (SSSR count). The van der Waals surface area contributed by atoms with Crippen LogP contribution in [0.25, 0.3) is 0 Å². The molecule has 1 aromatic rings. The lowest BCUT2D eigenvalue weighted by atomic mass is 9.88. The van der Waals surface area contributed by atoms with Gasteiger partial charge in [-0.3, -0.25) is 4.79 Å². The normalized spacial score (nSPS) is 25.5. The van der Waals surface area contributed by atoms with E-state index in [9.17, 15) is 13.2 Å². The number of carbonyl (C=O) groups excluding carboxylic acids is 1. The fourth-order valence-electron chi connectivity index (χ4n) is 4.38. The number of rotatable bonds is 7. The fraction of sp³-hybridized carbons (Fsp3) is 0.632. The third-order valence-electron chi connectivity index (χ3n) is 5.81. The van der Waals surface area contributed by atoms with Crippen molar-refractivity contribution < 1.29 is 13.2 Å². The Labute approximate surface area is 150 Å². The average Bonchev–Trinajstić information content (AvgIpc) is 3.24. The molecule has 0 spiro atoms. The van der Waals surface area contributed by atoms with Crippen LogP contribution in [0.1, 0.15) is 45.1 Å². The number of benzene rings is 1. The minimum Gasteiger partial charge on any atom is -0.352 e. The van der Waals surface area contributed by atoms with Crippen LogP contribution in [0.2, 0.25) is 0 Å². The molecule has 2 bridgehead atoms. The summed E-state index contributed by atoms with van der Waals surface area (Å²) < 4.78 is 26.4. The second-order valence-electron chi connectivity index (χ2n) is 7.23. The second kappa shape index (κ2) is 7.46. The van der Waals surface area contributed by atoms with Gasteiger partial charge < -0.3 is 5.32 Å². The van der Waals surface area contributed by atoms with Crippen molar-refractivity contribution in [2.45, 2.75) is 51.0 Å². The maximum absolute atomic E-state index is 12.5. The van der Waals surface area contributed by atoms with Crippen molar-refractivity contribution in [2.24, 2.45) is 17.8 Å². The molecule has 1 N–H and O–H groups in total. The maximum atomic E-state index is 12.5. The van der Waals surface area contributed by atoms with E-state index in [4.69, 9.17) is 0 Å². The van der Waals surface area contributed by atoms with Gasteiger partial charge in [-0.2, -0.15) is 4.31 Å². The van der Waals surface area contributed by atoms with Crippen LogP contribution >= 0.6 is 0 Å². The predicted octanol–water partition coefficient (Wildman–Crippen LogP) is 2.77. The van der Waals surface area contributed by atoms with Crippen LogP contribution in [-0.4, -0.2) is 31.7 Å². The van der Waals surface area contributed by atoms with Crippen molar-refractivity contribution in [1.29, 1.82) is 0 Å². The molecule has 25 heavy (non-hydrogen) atoms. The lowest BCUT2D eigenvalue weighted by molar-refractivity contribution is -0.126. The van der Waals surface area contributed by atoms with E-state index in [1.165, 1.54) is 23.6 Å². The molecule has 2 fully saturated rings. The summed E-state index contributed by atoms with van der Waals surface area (Å²) in [6, 6.07) is 6.84. The summed E-state index contributed by atoms with van der Waals surface area (Å²) in [5.74, 6) is 1.67. The van der Waals surface area contributed by atoms with Crippen LogP contribution in [-0.2, 0) is 21.4 Å². The monoisotopic (exact) mass is 364 g/mol. The highest BCUT2D eigenvalue weighted by atomic mass is 32.2. The van der Waals surface area contributed by atoms with Gasteiger partial charge in [0.25, 0.3) is 0 Å². The summed E-state index contributed by atoms with van der Waals surface area (Å²) in [5, 5.41) is 3.03. The second-order valence-corrected chi connectivity index (χ2v) is 9.17. The van der Waals surface area contributed by atoms with Crippen LogP contribution < -0.4 is 5.32 Å². The molecule has 2 aliphatic carbocycles. The highest BCUT2D eigenvalue weighted by Crippen LogP contribution is 2.48. The van der Waals surface area contributed by atoms with Crippen LogP contribution in [0.4, 0.5) is 0 Å². The zero-order valence-electron chi connectivity index (χ0n) is 15.1. The number of carbonyl (C=O) groups is 1. The minimum absolute atomic E-state index is 0.159. The smallest absolute Gasteiger partial charge is 0.243 e. The summed E-state index contributed by atoms with van der Waals surface area (Å²) in [6.07, 6.45) is 4.74. The molecule has 0 aromatic heterocycles. The van der Waals surface area contributed by atoms with Crippen molar-refractivity contribution in [2.75, 3.05) is 13.1 Å². The van der Waals surface area contributed by atoms with Crippen molar-refractivity contribution in [3.63, 3.8) is 0 Å². The number of sulfonamides is 1. The molecular formula is C19H28N2O3S. The Hall–Kier alpha value is -1.40. The van der Waals surface area contributed by atoms with Gasteiger partial charge in [-0.25, -0.2) is 8.42 Å². The van der Waals surface area contributed by atoms with Crippen LogP contribution in [0.5, 0.6) is 0 Å². The Kier molecular flexibility index (Phi) is 5.49. The van der Waals surface area contributed by atoms with Crippen molar-refractivity contribution in [1.82, 2.24) is 9.62 Å². The van der Waals surface area contributed by atoms with Gasteiger partial charge in [0, 0.05) is 25.6 Å². The van der Waals surface area contributed by atoms with E-state index in [1.54, 1.807) is 24.3 Å². The summed E-state index contributed by atoms with van der Waals surface area (Å²) in [6.45, 7) is 5.04. The summed E-state index contributed by atoms with van der Waals surface area (Å²) in [5.41, 5.74) is 0.926. The molecule has 2 saturated carbocycles. The van der Waals surface area contributed by atoms with Gasteiger partial charge >= 0.3 is 0 Å². The van der Waals surface area contributed by atoms with Gasteiger partial charge in [-0.05, 0) is 48.8 Å². The SMILES string of the molecule is CCN(CC)S(=O)(=O)c1ccc(CNC(=O)C2CC3CCC2C3)cc1. The van der Waals surface area contributed by atoms with Gasteiger partial charge in [0.15, 0.2) is 0 Å². The molecule has 2 aliphatic rings. The van der Waals surface area contributed by atoms with Crippen LogP contribution in [0, 0.1) is 17.8 Å². The molecule has 3 unspecified atom stereocenters. The predicted molar refractivity (Wildman–Crippen MR) is 97.3 cm³/mol. The van der Waals surface area contributed by atoms with Gasteiger partial charge in [0.2, 0.25) is 15.9 Å². The Bertz CT molecular complexity index is 711. The average molecular weight is 365 g/mol. The number of nitrogens with zero attached hydrogens (tertiary/aromatic N) is 1. The highest BCUT2D eigenvalue weighted by Gasteiger charge is 2.42. The molecule has 6 heteroatoms. The van der Waals surface area contributed by atoms with E-state index in [0.717, 1.165) is 17.9 Å². The Morgan fingerprint density at radius 2 is 1.80 bits per heavy atom. The van der Waals surface area contributed by atoms with Crippen LogP contribution in [0.3, 0.4) is 0 Å². The van der Waals surface area contributed by atoms with Gasteiger partial charge in [-0.1, -0.05) is 32.4 Å². The molecule has 1 aromatic carbocycles. The van der Waals surface area contributed by atoms with Crippen molar-refractivity contribution in [3.8, 4) is 0 Å². The van der Waals surface area contributed by atoms with E-state index in [2.05, 4.69) is 5.32 Å². The van der Waals surface area contributed by atoms with E-state index < -0.39 is 10.0 Å². The lowest BCUT2D eigenvalue weighted by Crippen LogP contribution is -2.33. The standard InChI is InChI=1S/C19H28N2O3S/c1-3-21(4-2)25(23,24)17-9-6-14(7-10-17)13-20-19(22)18-12-15-5-8-16(18)11-15/h6-7,9-10,15-16,18H,3-5,8,11-13H2,1-2H3,(H,20,22). The van der Waals surface area contributed by atoms with Gasteiger partial charge in [0.1, 0.15) is 0 Å².